The van der Waals surface area contributed by atoms with Gasteiger partial charge in [0.2, 0.25) is 0 Å². The first-order valence-corrected chi connectivity index (χ1v) is 9.50. The zero-order valence-corrected chi connectivity index (χ0v) is 15.6. The van der Waals surface area contributed by atoms with E-state index >= 15 is 0 Å². The summed E-state index contributed by atoms with van der Waals surface area (Å²) >= 11 is 0. The van der Waals surface area contributed by atoms with Crippen molar-refractivity contribution in [2.45, 2.75) is 45.6 Å². The van der Waals surface area contributed by atoms with Crippen molar-refractivity contribution in [2.75, 3.05) is 18.4 Å². The van der Waals surface area contributed by atoms with E-state index in [1.807, 2.05) is 0 Å². The Bertz CT molecular complexity index is 712. The van der Waals surface area contributed by atoms with Crippen LogP contribution in [0.25, 0.3) is 0 Å². The highest BCUT2D eigenvalue weighted by Crippen LogP contribution is 2.23. The van der Waals surface area contributed by atoms with Gasteiger partial charge in [0, 0.05) is 31.8 Å². The molecular weight excluding hydrogens is 310 g/mol. The Balaban J connectivity index is 1.72. The lowest BCUT2D eigenvalue weighted by atomic mass is 10.0. The maximum atomic E-state index is 12.8. The van der Waals surface area contributed by atoms with Crippen LogP contribution in [0.1, 0.15) is 49.6 Å². The second kappa shape index (κ2) is 7.87. The van der Waals surface area contributed by atoms with Crippen molar-refractivity contribution in [3.05, 3.63) is 53.3 Å². The molecule has 1 aromatic heterocycles. The summed E-state index contributed by atoms with van der Waals surface area (Å²) in [7, 11) is 2.09. The number of anilines is 1. The summed E-state index contributed by atoms with van der Waals surface area (Å²) in [5.74, 6) is 0.131. The Morgan fingerprint density at radius 3 is 2.52 bits per heavy atom. The molecule has 1 amide bonds. The van der Waals surface area contributed by atoms with E-state index < -0.39 is 0 Å². The molecule has 1 aromatic carbocycles. The lowest BCUT2D eigenvalue weighted by Crippen LogP contribution is -3.11. The predicted molar refractivity (Wildman–Crippen MR) is 102 cm³/mol. The minimum absolute atomic E-state index is 0.131. The smallest absolute Gasteiger partial charge is 0.279 e. The molecule has 2 heterocycles. The lowest BCUT2D eigenvalue weighted by Gasteiger charge is -2.22. The number of amides is 1. The third-order valence-electron chi connectivity index (χ3n) is 5.48. The van der Waals surface area contributed by atoms with Gasteiger partial charge in [-0.1, -0.05) is 32.0 Å². The number of nitrogens with zero attached hydrogens (tertiary/aromatic N) is 1. The number of hydrogen-bond donors (Lipinski definition) is 2. The lowest BCUT2D eigenvalue weighted by molar-refractivity contribution is -0.910. The number of nitrogens with one attached hydrogen (secondary N) is 2. The van der Waals surface area contributed by atoms with Crippen LogP contribution < -0.4 is 10.2 Å². The highest BCUT2D eigenvalue weighted by molar-refractivity contribution is 5.93. The molecule has 1 unspecified atom stereocenters. The molecule has 0 radical (unpaired) electrons. The largest absolute Gasteiger partial charge is 0.350 e. The van der Waals surface area contributed by atoms with Gasteiger partial charge in [-0.25, -0.2) is 0 Å². The Morgan fingerprint density at radius 2 is 1.92 bits per heavy atom. The van der Waals surface area contributed by atoms with Gasteiger partial charge < -0.3 is 14.8 Å². The first-order chi connectivity index (χ1) is 12.1. The summed E-state index contributed by atoms with van der Waals surface area (Å²) in [6.45, 7) is 5.89. The summed E-state index contributed by atoms with van der Waals surface area (Å²) in [4.78, 5) is 14.1. The third-order valence-corrected chi connectivity index (χ3v) is 5.48. The fourth-order valence-corrected chi connectivity index (χ4v) is 4.11. The second-order valence-electron chi connectivity index (χ2n) is 7.03. The molecule has 2 N–H and O–H groups in total. The van der Waals surface area contributed by atoms with E-state index in [0.29, 0.717) is 12.6 Å². The summed E-state index contributed by atoms with van der Waals surface area (Å²) in [5.41, 5.74) is 4.82. The van der Waals surface area contributed by atoms with Crippen LogP contribution in [-0.4, -0.2) is 23.6 Å². The molecular formula is C21H30N3O+. The molecule has 4 heteroatoms. The minimum atomic E-state index is 0.131. The van der Waals surface area contributed by atoms with Gasteiger partial charge in [0.05, 0.1) is 12.2 Å². The van der Waals surface area contributed by atoms with E-state index in [0.717, 1.165) is 31.5 Å². The van der Waals surface area contributed by atoms with Crippen molar-refractivity contribution >= 4 is 11.6 Å². The van der Waals surface area contributed by atoms with E-state index in [4.69, 9.17) is 0 Å². The highest BCUT2D eigenvalue weighted by atomic mass is 16.2. The molecule has 0 saturated carbocycles. The van der Waals surface area contributed by atoms with Crippen molar-refractivity contribution in [2.24, 2.45) is 7.05 Å². The Hall–Kier alpha value is -2.07. The molecule has 1 aliphatic heterocycles. The van der Waals surface area contributed by atoms with Crippen molar-refractivity contribution in [3.8, 4) is 0 Å². The van der Waals surface area contributed by atoms with Crippen LogP contribution in [0.2, 0.25) is 0 Å². The molecule has 1 aliphatic rings. The van der Waals surface area contributed by atoms with Crippen LogP contribution in [0.5, 0.6) is 0 Å². The number of aromatic nitrogens is 1. The van der Waals surface area contributed by atoms with E-state index in [-0.39, 0.29) is 5.91 Å². The Labute approximate surface area is 150 Å². The number of para-hydroxylation sites is 1. The van der Waals surface area contributed by atoms with Gasteiger partial charge in [-0.15, -0.1) is 0 Å². The van der Waals surface area contributed by atoms with Crippen molar-refractivity contribution < 1.29 is 9.69 Å². The monoisotopic (exact) mass is 340 g/mol. The van der Waals surface area contributed by atoms with E-state index in [1.54, 1.807) is 0 Å². The fraction of sp³-hybridized carbons (Fsp3) is 0.476. The average molecular weight is 340 g/mol. The number of rotatable bonds is 6. The van der Waals surface area contributed by atoms with Crippen molar-refractivity contribution in [1.29, 1.82) is 0 Å². The zero-order chi connectivity index (χ0) is 17.8. The second-order valence-corrected chi connectivity index (χ2v) is 7.03. The number of likely N-dealkylation sites (tertiary alicyclic amines) is 1. The van der Waals surface area contributed by atoms with Gasteiger partial charge in [0.15, 0.2) is 6.54 Å². The van der Waals surface area contributed by atoms with Crippen LogP contribution in [0.4, 0.5) is 5.69 Å². The third kappa shape index (κ3) is 3.79. The quantitative estimate of drug-likeness (QED) is 0.833. The van der Waals surface area contributed by atoms with Gasteiger partial charge >= 0.3 is 0 Å². The highest BCUT2D eigenvalue weighted by Gasteiger charge is 2.33. The van der Waals surface area contributed by atoms with Gasteiger partial charge in [-0.3, -0.25) is 4.79 Å². The fourth-order valence-electron chi connectivity index (χ4n) is 4.11. The molecule has 4 nitrogen and oxygen atoms in total. The minimum Gasteiger partial charge on any atom is -0.350 e. The van der Waals surface area contributed by atoms with Gasteiger partial charge in [-0.05, 0) is 36.1 Å². The van der Waals surface area contributed by atoms with Gasteiger partial charge in [0.25, 0.3) is 5.91 Å². The van der Waals surface area contributed by atoms with Crippen LogP contribution in [-0.2, 0) is 24.7 Å². The molecule has 2 aromatic rings. The maximum absolute atomic E-state index is 12.8. The van der Waals surface area contributed by atoms with Gasteiger partial charge in [-0.2, -0.15) is 0 Å². The molecule has 134 valence electrons. The van der Waals surface area contributed by atoms with E-state index in [2.05, 4.69) is 67.3 Å². The van der Waals surface area contributed by atoms with Crippen LogP contribution >= 0.6 is 0 Å². The van der Waals surface area contributed by atoms with Crippen molar-refractivity contribution in [1.82, 2.24) is 4.57 Å². The molecule has 1 fully saturated rings. The first-order valence-electron chi connectivity index (χ1n) is 9.50. The molecule has 0 aliphatic carbocycles. The van der Waals surface area contributed by atoms with Crippen LogP contribution in [0, 0.1) is 0 Å². The van der Waals surface area contributed by atoms with E-state index in [1.165, 1.54) is 28.1 Å². The summed E-state index contributed by atoms with van der Waals surface area (Å²) in [5, 5.41) is 3.22. The zero-order valence-electron chi connectivity index (χ0n) is 15.6. The normalized spacial score (nSPS) is 20.0. The topological polar surface area (TPSA) is 38.5 Å². The van der Waals surface area contributed by atoms with Crippen LogP contribution in [0.3, 0.4) is 0 Å². The first kappa shape index (κ1) is 17.7. The molecule has 1 saturated heterocycles. The Kier molecular flexibility index (Phi) is 5.59. The van der Waals surface area contributed by atoms with E-state index in [9.17, 15) is 4.79 Å². The Morgan fingerprint density at radius 1 is 1.20 bits per heavy atom. The summed E-state index contributed by atoms with van der Waals surface area (Å²) in [6.07, 6.45) is 6.31. The van der Waals surface area contributed by atoms with Gasteiger partial charge in [0.1, 0.15) is 6.04 Å². The van der Waals surface area contributed by atoms with Crippen LogP contribution in [0.15, 0.2) is 36.5 Å². The molecule has 2 atom stereocenters. The SMILES string of the molecule is CCc1cccc(CC)c1NC(=O)C[NH+]1CCC[C@@H]1c1cccn1C. The number of quaternary nitrogens is 1. The molecule has 25 heavy (non-hydrogen) atoms. The van der Waals surface area contributed by atoms with Crippen molar-refractivity contribution in [3.63, 3.8) is 0 Å². The maximum Gasteiger partial charge on any atom is 0.279 e. The summed E-state index contributed by atoms with van der Waals surface area (Å²) < 4.78 is 2.19. The molecule has 0 bridgehead atoms. The summed E-state index contributed by atoms with van der Waals surface area (Å²) in [6, 6.07) is 11.0. The average Bonchev–Trinajstić information content (AvgIpc) is 3.23. The number of carbonyl (C=O) groups is 1. The standard InChI is InChI=1S/C21H29N3O/c1-4-16-9-6-10-17(5-2)21(16)22-20(25)15-24-14-8-12-19(24)18-11-7-13-23(18)3/h6-7,9-11,13,19H,4-5,8,12,14-15H2,1-3H3,(H,22,25)/p+1/t19-/m1/s1. The number of benzene rings is 1. The number of carbonyl (C=O) groups excluding carboxylic acids is 1. The number of aryl methyl sites for hydroxylation is 3. The predicted octanol–water partition coefficient (Wildman–Crippen LogP) is 2.51. The number of hydrogen-bond acceptors (Lipinski definition) is 1. The molecule has 3 rings (SSSR count). The molecule has 0 spiro atoms.